The molecule has 0 aromatic heterocycles. The number of amides is 1. The molecule has 0 aliphatic rings. The number of methoxy groups -OCH3 is 3. The fourth-order valence-electron chi connectivity index (χ4n) is 5.64. The van der Waals surface area contributed by atoms with Gasteiger partial charge in [-0.05, 0) is 75.0 Å². The molecular formula is C34H50N4O8. The molecule has 0 saturated heterocycles. The van der Waals surface area contributed by atoms with E-state index in [2.05, 4.69) is 37.2 Å². The fraction of sp³-hybridized carbons (Fsp3) is 0.588. The van der Waals surface area contributed by atoms with E-state index in [1.165, 1.54) is 7.11 Å². The average Bonchev–Trinajstić information content (AvgIpc) is 3.03. The lowest BCUT2D eigenvalue weighted by molar-refractivity contribution is -0.771. The Morgan fingerprint density at radius 1 is 1.04 bits per heavy atom. The van der Waals surface area contributed by atoms with Crippen molar-refractivity contribution in [3.05, 3.63) is 63.7 Å². The molecule has 0 saturated carbocycles. The van der Waals surface area contributed by atoms with Gasteiger partial charge in [-0.15, -0.1) is 10.1 Å². The van der Waals surface area contributed by atoms with Crippen LogP contribution in [-0.4, -0.2) is 82.7 Å². The van der Waals surface area contributed by atoms with Gasteiger partial charge in [-0.2, -0.15) is 5.26 Å². The van der Waals surface area contributed by atoms with E-state index >= 15 is 0 Å². The van der Waals surface area contributed by atoms with Crippen molar-refractivity contribution in [2.75, 3.05) is 54.7 Å². The summed E-state index contributed by atoms with van der Waals surface area (Å²) in [4.78, 5) is 30.3. The quantitative estimate of drug-likeness (QED) is 0.149. The highest BCUT2D eigenvalue weighted by molar-refractivity contribution is 5.77. The molecule has 46 heavy (non-hydrogen) atoms. The Kier molecular flexibility index (Phi) is 15.6. The van der Waals surface area contributed by atoms with Gasteiger partial charge in [0.15, 0.2) is 11.5 Å². The molecule has 0 radical (unpaired) electrons. The second kappa shape index (κ2) is 18.8. The molecule has 0 aliphatic heterocycles. The first-order valence-electron chi connectivity index (χ1n) is 15.5. The van der Waals surface area contributed by atoms with Crippen molar-refractivity contribution in [2.24, 2.45) is 11.8 Å². The largest absolute Gasteiger partial charge is 0.493 e. The molecule has 1 N–H and O–H groups in total. The molecule has 0 spiro atoms. The molecule has 0 fully saturated rings. The van der Waals surface area contributed by atoms with E-state index in [4.69, 9.17) is 23.8 Å². The number of nitrogens with zero attached hydrogens (tertiary/aromatic N) is 3. The van der Waals surface area contributed by atoms with Crippen LogP contribution in [0.15, 0.2) is 42.5 Å². The Hall–Kier alpha value is -4.08. The van der Waals surface area contributed by atoms with Crippen LogP contribution in [0.25, 0.3) is 0 Å². The Balaban J connectivity index is 2.01. The first-order chi connectivity index (χ1) is 21.9. The minimum atomic E-state index is -0.917. The Morgan fingerprint density at radius 3 is 2.35 bits per heavy atom. The van der Waals surface area contributed by atoms with Gasteiger partial charge in [0.2, 0.25) is 5.91 Å². The number of benzene rings is 2. The van der Waals surface area contributed by atoms with Crippen molar-refractivity contribution in [1.82, 2.24) is 10.2 Å². The van der Waals surface area contributed by atoms with Crippen molar-refractivity contribution in [1.29, 1.82) is 5.26 Å². The van der Waals surface area contributed by atoms with Crippen LogP contribution in [0.4, 0.5) is 0 Å². The summed E-state index contributed by atoms with van der Waals surface area (Å²) >= 11 is 0. The van der Waals surface area contributed by atoms with E-state index < -0.39 is 34.5 Å². The maximum absolute atomic E-state index is 12.0. The maximum atomic E-state index is 12.0. The zero-order valence-corrected chi connectivity index (χ0v) is 28.4. The van der Waals surface area contributed by atoms with Crippen molar-refractivity contribution in [2.45, 2.75) is 64.5 Å². The van der Waals surface area contributed by atoms with Crippen molar-refractivity contribution in [3.63, 3.8) is 0 Å². The number of rotatable bonds is 21. The van der Waals surface area contributed by atoms with Crippen LogP contribution in [-0.2, 0) is 26.2 Å². The van der Waals surface area contributed by atoms with Crippen LogP contribution in [0.1, 0.15) is 51.7 Å². The number of nitrogens with one attached hydrogen (secondary N) is 1. The predicted molar refractivity (Wildman–Crippen MR) is 175 cm³/mol. The molecule has 2 aromatic carbocycles. The Bertz CT molecular complexity index is 1300. The van der Waals surface area contributed by atoms with E-state index in [0.717, 1.165) is 37.1 Å². The molecular weight excluding hydrogens is 592 g/mol. The highest BCUT2D eigenvalue weighted by atomic mass is 17.0. The molecule has 0 aliphatic carbocycles. The maximum Gasteiger partial charge on any atom is 0.294 e. The zero-order chi connectivity index (χ0) is 34.3. The molecule has 0 heterocycles. The van der Waals surface area contributed by atoms with Crippen LogP contribution >= 0.6 is 0 Å². The number of para-hydroxylation sites is 1. The molecule has 254 valence electrons. The molecule has 1 amide bonds. The number of likely N-dealkylation sites (N-methyl/N-ethyl adjacent to an activating group) is 1. The van der Waals surface area contributed by atoms with Gasteiger partial charge < -0.3 is 34.0 Å². The number of hydrogen-bond acceptors (Lipinski definition) is 10. The summed E-state index contributed by atoms with van der Waals surface area (Å²) in [6.45, 7) is 9.14. The van der Waals surface area contributed by atoms with Gasteiger partial charge >= 0.3 is 0 Å². The van der Waals surface area contributed by atoms with E-state index in [1.54, 1.807) is 28.1 Å². The first kappa shape index (κ1) is 38.1. The summed E-state index contributed by atoms with van der Waals surface area (Å²) in [5, 5.41) is 23.4. The lowest BCUT2D eigenvalue weighted by Gasteiger charge is -2.32. The molecule has 12 nitrogen and oxygen atoms in total. The number of carbonyl (C=O) groups is 1. The average molecular weight is 643 g/mol. The topological polar surface area (TPSA) is 145 Å². The third-order valence-electron chi connectivity index (χ3n) is 8.36. The summed E-state index contributed by atoms with van der Waals surface area (Å²) in [6.07, 6.45) is 1.32. The number of carbonyl (C=O) groups excluding carboxylic acids is 1. The highest BCUT2D eigenvalue weighted by Gasteiger charge is 2.36. The van der Waals surface area contributed by atoms with Crippen LogP contribution in [0.3, 0.4) is 0 Å². The number of ether oxygens (including phenoxy) is 4. The third kappa shape index (κ3) is 10.8. The van der Waals surface area contributed by atoms with Gasteiger partial charge in [-0.25, -0.2) is 0 Å². The lowest BCUT2D eigenvalue weighted by Crippen LogP contribution is -2.48. The van der Waals surface area contributed by atoms with Gasteiger partial charge in [-0.3, -0.25) is 4.79 Å². The second-order valence-corrected chi connectivity index (χ2v) is 11.9. The molecule has 2 aromatic rings. The van der Waals surface area contributed by atoms with Crippen LogP contribution in [0.2, 0.25) is 0 Å². The van der Waals surface area contributed by atoms with Gasteiger partial charge in [0.25, 0.3) is 5.09 Å². The van der Waals surface area contributed by atoms with Gasteiger partial charge in [0, 0.05) is 19.6 Å². The minimum absolute atomic E-state index is 0.0901. The highest BCUT2D eigenvalue weighted by Crippen LogP contribution is 2.40. The Morgan fingerprint density at radius 2 is 1.74 bits per heavy atom. The number of hydrogen-bond donors (Lipinski definition) is 1. The third-order valence-corrected chi connectivity index (χ3v) is 8.36. The summed E-state index contributed by atoms with van der Waals surface area (Å²) in [5.74, 6) is 1.22. The van der Waals surface area contributed by atoms with Crippen LogP contribution in [0, 0.1) is 33.3 Å². The fourth-order valence-corrected chi connectivity index (χ4v) is 5.64. The molecule has 4 unspecified atom stereocenters. The van der Waals surface area contributed by atoms with Crippen LogP contribution in [0.5, 0.6) is 17.2 Å². The molecule has 12 heteroatoms. The van der Waals surface area contributed by atoms with Crippen molar-refractivity contribution >= 4 is 5.91 Å². The van der Waals surface area contributed by atoms with Crippen molar-refractivity contribution < 1.29 is 33.7 Å². The molecule has 0 bridgehead atoms. The second-order valence-electron chi connectivity index (χ2n) is 11.9. The van der Waals surface area contributed by atoms with E-state index in [1.807, 2.05) is 42.5 Å². The summed E-state index contributed by atoms with van der Waals surface area (Å²) in [6, 6.07) is 15.4. The summed E-state index contributed by atoms with van der Waals surface area (Å²) < 4.78 is 21.9. The zero-order valence-electron chi connectivity index (χ0n) is 28.4. The number of nitriles is 1. The monoisotopic (exact) mass is 642 g/mol. The summed E-state index contributed by atoms with van der Waals surface area (Å²) in [7, 11) is 6.65. The minimum Gasteiger partial charge on any atom is -0.493 e. The predicted octanol–water partition coefficient (Wildman–Crippen LogP) is 4.82. The molecule has 4 atom stereocenters. The molecule has 2 rings (SSSR count). The Labute approximate surface area is 273 Å². The van der Waals surface area contributed by atoms with Gasteiger partial charge in [-0.1, -0.05) is 45.0 Å². The van der Waals surface area contributed by atoms with Crippen LogP contribution < -0.4 is 19.5 Å². The lowest BCUT2D eigenvalue weighted by atomic mass is 9.69. The smallest absolute Gasteiger partial charge is 0.294 e. The standard InChI is InChI=1S/C34H50N4O8/c1-24(2)34(23-35,28-14-15-30(43-7)31(20-28)44-8)17-11-18-37(5)19-16-27-12-9-10-13-29(27)45-21-25(3)33(46-38(40)41)26(4)36-32(39)22-42-6/h9-10,12-15,20,24-26,33H,11,16-19,21-22H2,1-8H3,(H,36,39). The summed E-state index contributed by atoms with van der Waals surface area (Å²) in [5.41, 5.74) is 1.26. The van der Waals surface area contributed by atoms with E-state index in [0.29, 0.717) is 23.7 Å². The van der Waals surface area contributed by atoms with Gasteiger partial charge in [0.1, 0.15) is 18.5 Å². The van der Waals surface area contributed by atoms with Crippen molar-refractivity contribution in [3.8, 4) is 23.3 Å². The van der Waals surface area contributed by atoms with E-state index in [-0.39, 0.29) is 19.1 Å². The SMILES string of the molecule is COCC(=O)NC(C)C(O[N+](=O)[O-])C(C)COc1ccccc1CCN(C)CCCC(C#N)(c1ccc(OC)c(OC)c1)C(C)C. The van der Waals surface area contributed by atoms with Gasteiger partial charge in [0.05, 0.1) is 38.4 Å². The van der Waals surface area contributed by atoms with E-state index in [9.17, 15) is 20.2 Å². The first-order valence-corrected chi connectivity index (χ1v) is 15.5. The normalized spacial score (nSPS) is 14.5.